The molecule has 0 radical (unpaired) electrons. The Morgan fingerprint density at radius 1 is 1.20 bits per heavy atom. The number of thiophene rings is 1. The average molecular weight is 529 g/mol. The van der Waals surface area contributed by atoms with Crippen molar-refractivity contribution in [1.29, 1.82) is 0 Å². The summed E-state index contributed by atoms with van der Waals surface area (Å²) in [6, 6.07) is 13.6. The molecule has 182 valence electrons. The van der Waals surface area contributed by atoms with Gasteiger partial charge in [-0.1, -0.05) is 29.9 Å². The minimum Gasteiger partial charge on any atom is -0.497 e. The number of rotatable bonds is 7. The number of piperidine rings is 1. The highest BCUT2D eigenvalue weighted by atomic mass is 32.2. The number of pyridine rings is 1. The summed E-state index contributed by atoms with van der Waals surface area (Å²) in [5, 5.41) is 2.24. The smallest absolute Gasteiger partial charge is 0.253 e. The summed E-state index contributed by atoms with van der Waals surface area (Å²) in [6.07, 6.45) is 3.63. The largest absolute Gasteiger partial charge is 0.497 e. The van der Waals surface area contributed by atoms with E-state index in [0.717, 1.165) is 34.4 Å². The third-order valence-corrected chi connectivity index (χ3v) is 10.3. The van der Waals surface area contributed by atoms with Crippen LogP contribution in [0.25, 0.3) is 10.2 Å². The quantitative estimate of drug-likeness (QED) is 0.350. The van der Waals surface area contributed by atoms with Gasteiger partial charge in [-0.15, -0.1) is 11.3 Å². The second-order valence-corrected chi connectivity index (χ2v) is 12.2. The molecule has 0 aliphatic carbocycles. The number of thiazole rings is 1. The van der Waals surface area contributed by atoms with E-state index in [1.54, 1.807) is 35.7 Å². The van der Waals surface area contributed by atoms with Crippen LogP contribution in [0.1, 0.15) is 25.0 Å². The van der Waals surface area contributed by atoms with Crippen molar-refractivity contribution in [3.8, 4) is 5.75 Å². The van der Waals surface area contributed by atoms with Gasteiger partial charge in [-0.3, -0.25) is 14.7 Å². The summed E-state index contributed by atoms with van der Waals surface area (Å²) >= 11 is 2.55. The highest BCUT2D eigenvalue weighted by molar-refractivity contribution is 7.91. The molecule has 4 aromatic rings. The Labute approximate surface area is 211 Å². The van der Waals surface area contributed by atoms with Gasteiger partial charge in [-0.05, 0) is 48.6 Å². The normalized spacial score (nSPS) is 16.9. The highest BCUT2D eigenvalue weighted by Gasteiger charge is 2.41. The zero-order chi connectivity index (χ0) is 24.4. The molecule has 0 bridgehead atoms. The molecule has 35 heavy (non-hydrogen) atoms. The summed E-state index contributed by atoms with van der Waals surface area (Å²) in [7, 11) is -2.19. The predicted molar refractivity (Wildman–Crippen MR) is 137 cm³/mol. The summed E-state index contributed by atoms with van der Waals surface area (Å²) < 4.78 is 34.7. The topological polar surface area (TPSA) is 92.7 Å². The van der Waals surface area contributed by atoms with E-state index in [4.69, 9.17) is 9.72 Å². The van der Waals surface area contributed by atoms with E-state index in [2.05, 4.69) is 4.98 Å². The Morgan fingerprint density at radius 3 is 2.83 bits per heavy atom. The molecule has 4 heterocycles. The van der Waals surface area contributed by atoms with Gasteiger partial charge in [0.15, 0.2) is 5.13 Å². The van der Waals surface area contributed by atoms with Gasteiger partial charge in [0.25, 0.3) is 10.0 Å². The number of ether oxygens (including phenoxy) is 1. The lowest BCUT2D eigenvalue weighted by molar-refractivity contribution is -0.123. The molecule has 0 N–H and O–H groups in total. The van der Waals surface area contributed by atoms with Gasteiger partial charge < -0.3 is 4.74 Å². The fourth-order valence-corrected chi connectivity index (χ4v) is 7.90. The van der Waals surface area contributed by atoms with Crippen molar-refractivity contribution < 1.29 is 17.9 Å². The third kappa shape index (κ3) is 4.81. The number of carbonyl (C=O) groups excluding carboxylic acids is 1. The summed E-state index contributed by atoms with van der Waals surface area (Å²) in [6.45, 7) is 0.505. The van der Waals surface area contributed by atoms with Crippen LogP contribution in [0.4, 0.5) is 5.13 Å². The number of aromatic nitrogens is 2. The predicted octanol–water partition coefficient (Wildman–Crippen LogP) is 4.54. The van der Waals surface area contributed by atoms with Crippen LogP contribution in [0.2, 0.25) is 0 Å². The number of methoxy groups -OCH3 is 1. The van der Waals surface area contributed by atoms with E-state index >= 15 is 0 Å². The van der Waals surface area contributed by atoms with E-state index in [9.17, 15) is 13.2 Å². The van der Waals surface area contributed by atoms with Crippen molar-refractivity contribution in [2.45, 2.75) is 36.1 Å². The molecule has 1 atom stereocenters. The highest BCUT2D eigenvalue weighted by Crippen LogP contribution is 2.34. The molecule has 8 nitrogen and oxygen atoms in total. The number of amides is 1. The number of nitrogens with zero attached hydrogens (tertiary/aromatic N) is 4. The van der Waals surface area contributed by atoms with Crippen molar-refractivity contribution >= 4 is 54.0 Å². The number of carbonyl (C=O) groups is 1. The first kappa shape index (κ1) is 23.9. The van der Waals surface area contributed by atoms with Crippen molar-refractivity contribution in [2.75, 3.05) is 18.6 Å². The summed E-state index contributed by atoms with van der Waals surface area (Å²) in [5.74, 6) is 0.388. The van der Waals surface area contributed by atoms with Crippen molar-refractivity contribution in [2.24, 2.45) is 0 Å². The molecule has 1 aliphatic rings. The molecule has 5 rings (SSSR count). The van der Waals surface area contributed by atoms with Crippen LogP contribution in [-0.4, -0.2) is 48.3 Å². The van der Waals surface area contributed by atoms with Crippen LogP contribution >= 0.6 is 22.7 Å². The maximum Gasteiger partial charge on any atom is 0.253 e. The standard InChI is InChI=1S/C24H24N4O4S3/c1-32-18-10-11-21-19(15-18)26-24(34-21)27(16-17-7-2-4-12-25-17)23(29)20-8-3-5-13-28(20)35(30,31)22-9-6-14-33-22/h2,4,6-7,9-12,14-15,20H,3,5,8,13,16H2,1H3/t20-/m1/s1. The fourth-order valence-electron chi connectivity index (χ4n) is 4.18. The lowest BCUT2D eigenvalue weighted by Gasteiger charge is -2.35. The van der Waals surface area contributed by atoms with Crippen LogP contribution in [0.15, 0.2) is 64.3 Å². The van der Waals surface area contributed by atoms with Crippen LogP contribution in [0.5, 0.6) is 5.75 Å². The first-order valence-corrected chi connectivity index (χ1v) is 14.3. The lowest BCUT2D eigenvalue weighted by Crippen LogP contribution is -2.52. The Kier molecular flexibility index (Phi) is 6.83. The fraction of sp³-hybridized carbons (Fsp3) is 0.292. The molecule has 1 aliphatic heterocycles. The SMILES string of the molecule is COc1ccc2sc(N(Cc3ccccn3)C(=O)[C@H]3CCCCN3S(=O)(=O)c3cccs3)nc2c1. The Balaban J connectivity index is 1.54. The van der Waals surface area contributed by atoms with Gasteiger partial charge in [-0.25, -0.2) is 13.4 Å². The summed E-state index contributed by atoms with van der Waals surface area (Å²) in [4.78, 5) is 24.8. The van der Waals surface area contributed by atoms with E-state index in [1.165, 1.54) is 15.6 Å². The van der Waals surface area contributed by atoms with Crippen molar-refractivity contribution in [3.63, 3.8) is 0 Å². The molecule has 11 heteroatoms. The van der Waals surface area contributed by atoms with Crippen LogP contribution in [0, 0.1) is 0 Å². The minimum atomic E-state index is -3.78. The molecule has 1 fully saturated rings. The van der Waals surface area contributed by atoms with Crippen LogP contribution < -0.4 is 9.64 Å². The second kappa shape index (κ2) is 10.0. The number of fused-ring (bicyclic) bond motifs is 1. The van der Waals surface area contributed by atoms with Gasteiger partial charge in [-0.2, -0.15) is 4.31 Å². The number of benzene rings is 1. The molecular weight excluding hydrogens is 504 g/mol. The monoisotopic (exact) mass is 528 g/mol. The van der Waals surface area contributed by atoms with E-state index < -0.39 is 16.1 Å². The second-order valence-electron chi connectivity index (χ2n) is 8.13. The first-order chi connectivity index (χ1) is 17.0. The van der Waals surface area contributed by atoms with Crippen LogP contribution in [-0.2, 0) is 21.4 Å². The van der Waals surface area contributed by atoms with Gasteiger partial charge in [0.1, 0.15) is 16.0 Å². The van der Waals surface area contributed by atoms with E-state index in [0.29, 0.717) is 29.5 Å². The average Bonchev–Trinajstić information content (AvgIpc) is 3.58. The molecule has 0 saturated carbocycles. The number of sulfonamides is 1. The van der Waals surface area contributed by atoms with Crippen molar-refractivity contribution in [1.82, 2.24) is 14.3 Å². The van der Waals surface area contributed by atoms with Gasteiger partial charge >= 0.3 is 0 Å². The molecule has 0 spiro atoms. The molecule has 3 aromatic heterocycles. The zero-order valence-corrected chi connectivity index (χ0v) is 21.5. The van der Waals surface area contributed by atoms with Gasteiger partial charge in [0, 0.05) is 18.8 Å². The number of hydrogen-bond donors (Lipinski definition) is 0. The lowest BCUT2D eigenvalue weighted by atomic mass is 10.0. The van der Waals surface area contributed by atoms with E-state index in [-0.39, 0.29) is 16.7 Å². The third-order valence-electron chi connectivity index (χ3n) is 5.92. The van der Waals surface area contributed by atoms with Crippen LogP contribution in [0.3, 0.4) is 0 Å². The van der Waals surface area contributed by atoms with Gasteiger partial charge in [0.2, 0.25) is 5.91 Å². The van der Waals surface area contributed by atoms with Gasteiger partial charge in [0.05, 0.1) is 29.6 Å². The Bertz CT molecular complexity index is 1420. The molecule has 1 amide bonds. The number of anilines is 1. The Hall–Kier alpha value is -2.86. The zero-order valence-electron chi connectivity index (χ0n) is 19.0. The molecular formula is C24H24N4O4S3. The molecule has 1 aromatic carbocycles. The van der Waals surface area contributed by atoms with E-state index in [1.807, 2.05) is 36.4 Å². The minimum absolute atomic E-state index is 0.194. The first-order valence-electron chi connectivity index (χ1n) is 11.2. The Morgan fingerprint density at radius 2 is 2.09 bits per heavy atom. The number of hydrogen-bond acceptors (Lipinski definition) is 8. The summed E-state index contributed by atoms with van der Waals surface area (Å²) in [5.41, 5.74) is 1.41. The maximum atomic E-state index is 14.1. The molecule has 0 unspecified atom stereocenters. The van der Waals surface area contributed by atoms with Crippen molar-refractivity contribution in [3.05, 3.63) is 65.8 Å². The molecule has 1 saturated heterocycles. The maximum absolute atomic E-state index is 14.1.